The summed E-state index contributed by atoms with van der Waals surface area (Å²) in [5.74, 6) is -1.32. The van der Waals surface area contributed by atoms with Gasteiger partial charge in [-0.3, -0.25) is 4.90 Å². The van der Waals surface area contributed by atoms with Gasteiger partial charge in [-0.2, -0.15) is 9.37 Å². The van der Waals surface area contributed by atoms with E-state index in [1.165, 1.54) is 6.07 Å². The molecule has 0 saturated carbocycles. The number of nitrogens with two attached hydrogens (primary N) is 1. The number of anilines is 2. The van der Waals surface area contributed by atoms with Gasteiger partial charge in [-0.1, -0.05) is 18.7 Å². The molecule has 0 bridgehead atoms. The maximum atomic E-state index is 14.9. The summed E-state index contributed by atoms with van der Waals surface area (Å²) in [4.78, 5) is 13.1. The molecule has 1 saturated heterocycles. The molecule has 0 aliphatic carbocycles. The minimum absolute atomic E-state index is 0.0742. The maximum Gasteiger partial charge on any atom is 0.241 e. The van der Waals surface area contributed by atoms with Crippen LogP contribution < -0.4 is 16.0 Å². The Kier molecular flexibility index (Phi) is 5.98. The number of nitrogens with zero attached hydrogens (tertiary/aromatic N) is 4. The minimum atomic E-state index is -0.763. The monoisotopic (exact) mass is 474 g/mol. The number of hydrogen-bond donors (Lipinski definition) is 2. The Morgan fingerprint density at radius 3 is 2.37 bits per heavy atom. The number of piperazine rings is 1. The Hall–Kier alpha value is -3.78. The van der Waals surface area contributed by atoms with Gasteiger partial charge in [-0.25, -0.2) is 9.37 Å². The van der Waals surface area contributed by atoms with E-state index in [4.69, 9.17) is 5.73 Å². The van der Waals surface area contributed by atoms with Crippen molar-refractivity contribution >= 4 is 23.3 Å². The lowest BCUT2D eigenvalue weighted by Crippen LogP contribution is -2.48. The van der Waals surface area contributed by atoms with Gasteiger partial charge in [-0.05, 0) is 49.8 Å². The standard InChI is InChI=1S/C27H28F2N6/c1-16(2)34-10-12-35(13-11-34)21-6-4-18(5-7-21)24-26(29)33-27(30)25(32-24)20-14-19-8-9-31-17(3)23(19)22(28)15-20/h4-9,14-16,31H,3,10-13H2,1-2H3,(H2,30,33). The molecule has 0 radical (unpaired) electrons. The summed E-state index contributed by atoms with van der Waals surface area (Å²) in [5.41, 5.74) is 9.89. The lowest BCUT2D eigenvalue weighted by atomic mass is 9.97. The first kappa shape index (κ1) is 23.0. The lowest BCUT2D eigenvalue weighted by Gasteiger charge is -2.38. The quantitative estimate of drug-likeness (QED) is 0.569. The fourth-order valence-corrected chi connectivity index (χ4v) is 4.67. The Morgan fingerprint density at radius 2 is 1.69 bits per heavy atom. The van der Waals surface area contributed by atoms with E-state index in [1.807, 2.05) is 24.3 Å². The molecule has 3 heterocycles. The van der Waals surface area contributed by atoms with Crippen LogP contribution in [-0.2, 0) is 0 Å². The number of hydrogen-bond acceptors (Lipinski definition) is 6. The first-order chi connectivity index (χ1) is 16.8. The second-order valence-corrected chi connectivity index (χ2v) is 9.14. The van der Waals surface area contributed by atoms with Crippen molar-refractivity contribution in [1.82, 2.24) is 20.2 Å². The van der Waals surface area contributed by atoms with Crippen LogP contribution in [0.1, 0.15) is 25.0 Å². The number of rotatable bonds is 4. The molecule has 6 nitrogen and oxygen atoms in total. The van der Waals surface area contributed by atoms with E-state index in [2.05, 4.69) is 45.5 Å². The van der Waals surface area contributed by atoms with Crippen LogP contribution in [-0.4, -0.2) is 47.1 Å². The van der Waals surface area contributed by atoms with E-state index in [0.29, 0.717) is 34.0 Å². The molecule has 180 valence electrons. The van der Waals surface area contributed by atoms with E-state index in [0.717, 1.165) is 31.9 Å². The highest BCUT2D eigenvalue weighted by Gasteiger charge is 2.21. The van der Waals surface area contributed by atoms with E-state index in [9.17, 15) is 8.78 Å². The molecule has 0 atom stereocenters. The molecule has 0 unspecified atom stereocenters. The van der Waals surface area contributed by atoms with Gasteiger partial charge in [0.25, 0.3) is 0 Å². The van der Waals surface area contributed by atoms with Crippen molar-refractivity contribution < 1.29 is 8.78 Å². The third kappa shape index (κ3) is 4.37. The van der Waals surface area contributed by atoms with Crippen LogP contribution in [0.25, 0.3) is 34.3 Å². The predicted molar refractivity (Wildman–Crippen MR) is 137 cm³/mol. The molecule has 35 heavy (non-hydrogen) atoms. The highest BCUT2D eigenvalue weighted by atomic mass is 19.1. The number of aromatic nitrogens is 2. The highest BCUT2D eigenvalue weighted by Crippen LogP contribution is 2.34. The highest BCUT2D eigenvalue weighted by molar-refractivity contribution is 5.82. The normalized spacial score (nSPS) is 15.9. The van der Waals surface area contributed by atoms with Gasteiger partial charge in [0.1, 0.15) is 17.2 Å². The predicted octanol–water partition coefficient (Wildman–Crippen LogP) is 4.75. The van der Waals surface area contributed by atoms with Gasteiger partial charge in [0.05, 0.1) is 0 Å². The molecule has 1 fully saturated rings. The fourth-order valence-electron chi connectivity index (χ4n) is 4.67. The average molecular weight is 475 g/mol. The van der Waals surface area contributed by atoms with Gasteiger partial charge < -0.3 is 16.0 Å². The summed E-state index contributed by atoms with van der Waals surface area (Å²) < 4.78 is 29.7. The number of benzene rings is 2. The van der Waals surface area contributed by atoms with Crippen LogP contribution in [0.15, 0.2) is 49.2 Å². The molecule has 3 N–H and O–H groups in total. The SMILES string of the molecule is C=C1NC=Cc2cc(-c3nc(-c4ccc(N5CCN(C(C)C)CC5)cc4)c(F)nc3N)cc(F)c21. The Bertz CT molecular complexity index is 1310. The first-order valence-corrected chi connectivity index (χ1v) is 11.7. The number of halogens is 2. The van der Waals surface area contributed by atoms with E-state index >= 15 is 0 Å². The van der Waals surface area contributed by atoms with Crippen molar-refractivity contribution in [2.45, 2.75) is 19.9 Å². The van der Waals surface area contributed by atoms with Crippen LogP contribution in [0, 0.1) is 11.8 Å². The van der Waals surface area contributed by atoms with Crippen LogP contribution in [0.2, 0.25) is 0 Å². The number of nitrogen functional groups attached to an aromatic ring is 1. The Balaban J connectivity index is 1.45. The van der Waals surface area contributed by atoms with Crippen molar-refractivity contribution in [3.05, 3.63) is 72.1 Å². The molecule has 5 rings (SSSR count). The molecule has 0 amide bonds. The van der Waals surface area contributed by atoms with Crippen LogP contribution in [0.5, 0.6) is 0 Å². The van der Waals surface area contributed by atoms with Crippen molar-refractivity contribution in [3.8, 4) is 22.5 Å². The van der Waals surface area contributed by atoms with Crippen molar-refractivity contribution in [1.29, 1.82) is 0 Å². The zero-order valence-electron chi connectivity index (χ0n) is 19.9. The van der Waals surface area contributed by atoms with Crippen molar-refractivity contribution in [2.24, 2.45) is 0 Å². The topological polar surface area (TPSA) is 70.3 Å². The third-order valence-corrected chi connectivity index (χ3v) is 6.65. The van der Waals surface area contributed by atoms with E-state index in [1.54, 1.807) is 18.3 Å². The van der Waals surface area contributed by atoms with Gasteiger partial charge in [0.15, 0.2) is 5.82 Å². The molecule has 2 aliphatic heterocycles. The van der Waals surface area contributed by atoms with Gasteiger partial charge in [-0.15, -0.1) is 0 Å². The summed E-state index contributed by atoms with van der Waals surface area (Å²) in [6, 6.07) is 11.2. The second kappa shape index (κ2) is 9.11. The molecule has 0 spiro atoms. The average Bonchev–Trinajstić information content (AvgIpc) is 2.84. The molecule has 1 aromatic heterocycles. The molecular weight excluding hydrogens is 446 g/mol. The van der Waals surface area contributed by atoms with Gasteiger partial charge >= 0.3 is 0 Å². The second-order valence-electron chi connectivity index (χ2n) is 9.14. The zero-order valence-corrected chi connectivity index (χ0v) is 19.9. The van der Waals surface area contributed by atoms with E-state index < -0.39 is 11.8 Å². The summed E-state index contributed by atoms with van der Waals surface area (Å²) >= 11 is 0. The van der Waals surface area contributed by atoms with Crippen molar-refractivity contribution in [3.63, 3.8) is 0 Å². The third-order valence-electron chi connectivity index (χ3n) is 6.65. The molecule has 2 aromatic carbocycles. The summed E-state index contributed by atoms with van der Waals surface area (Å²) in [7, 11) is 0. The molecular formula is C27H28F2N6. The lowest BCUT2D eigenvalue weighted by molar-refractivity contribution is 0.209. The first-order valence-electron chi connectivity index (χ1n) is 11.7. The van der Waals surface area contributed by atoms with Crippen LogP contribution in [0.3, 0.4) is 0 Å². The Labute approximate surface area is 203 Å². The summed E-state index contributed by atoms with van der Waals surface area (Å²) in [5, 5.41) is 2.90. The molecule has 3 aromatic rings. The van der Waals surface area contributed by atoms with Crippen LogP contribution in [0.4, 0.5) is 20.3 Å². The largest absolute Gasteiger partial charge is 0.382 e. The van der Waals surface area contributed by atoms with Gasteiger partial charge in [0.2, 0.25) is 5.95 Å². The fraction of sp³-hybridized carbons (Fsp3) is 0.259. The smallest absolute Gasteiger partial charge is 0.241 e. The van der Waals surface area contributed by atoms with Crippen molar-refractivity contribution in [2.75, 3.05) is 36.8 Å². The van der Waals surface area contributed by atoms with E-state index in [-0.39, 0.29) is 17.2 Å². The number of fused-ring (bicyclic) bond motifs is 1. The molecule has 8 heteroatoms. The maximum absolute atomic E-state index is 14.9. The minimum Gasteiger partial charge on any atom is -0.382 e. The summed E-state index contributed by atoms with van der Waals surface area (Å²) in [6.07, 6.45) is 3.42. The number of nitrogens with one attached hydrogen (secondary N) is 1. The van der Waals surface area contributed by atoms with Gasteiger partial charge in [0, 0.05) is 66.5 Å². The molecule has 2 aliphatic rings. The summed E-state index contributed by atoms with van der Waals surface area (Å²) in [6.45, 7) is 12.2. The van der Waals surface area contributed by atoms with Crippen LogP contribution >= 0.6 is 0 Å². The Morgan fingerprint density at radius 1 is 0.971 bits per heavy atom. The zero-order chi connectivity index (χ0) is 24.7.